The van der Waals surface area contributed by atoms with Crippen molar-refractivity contribution in [1.29, 1.82) is 0 Å². The van der Waals surface area contributed by atoms with E-state index >= 15 is 0 Å². The molecule has 3 heterocycles. The predicted octanol–water partition coefficient (Wildman–Crippen LogP) is 3.17. The van der Waals surface area contributed by atoms with Crippen molar-refractivity contribution in [2.45, 2.75) is 39.2 Å². The van der Waals surface area contributed by atoms with Gasteiger partial charge in [0, 0.05) is 18.0 Å². The lowest BCUT2D eigenvalue weighted by Crippen LogP contribution is -2.35. The number of fused-ring (bicyclic) bond motifs is 1. The number of hydrogen-bond donors (Lipinski definition) is 1. The Morgan fingerprint density at radius 2 is 2.05 bits per heavy atom. The summed E-state index contributed by atoms with van der Waals surface area (Å²) in [5, 5.41) is 0.782. The molecule has 1 saturated heterocycles. The molecule has 0 radical (unpaired) electrons. The molecule has 0 atom stereocenters. The third-order valence-corrected chi connectivity index (χ3v) is 5.68. The van der Waals surface area contributed by atoms with Crippen LogP contribution >= 0.6 is 23.6 Å². The lowest BCUT2D eigenvalue weighted by Gasteiger charge is -2.26. The number of likely N-dealkylation sites (tertiary alicyclic amines) is 1. The first-order valence-electron chi connectivity index (χ1n) is 7.67. The fourth-order valence-corrected chi connectivity index (χ4v) is 4.23. The van der Waals surface area contributed by atoms with Crippen molar-refractivity contribution in [3.63, 3.8) is 0 Å². The summed E-state index contributed by atoms with van der Waals surface area (Å²) in [6.07, 6.45) is 4.82. The number of aromatic amines is 1. The van der Waals surface area contributed by atoms with Crippen molar-refractivity contribution < 1.29 is 0 Å². The van der Waals surface area contributed by atoms with Gasteiger partial charge in [-0.05, 0) is 50.6 Å². The molecule has 0 amide bonds. The van der Waals surface area contributed by atoms with Crippen molar-refractivity contribution >= 4 is 33.8 Å². The topological polar surface area (TPSA) is 41.0 Å². The monoisotopic (exact) mass is 323 g/mol. The van der Waals surface area contributed by atoms with Gasteiger partial charge >= 0.3 is 0 Å². The fraction of sp³-hybridized carbons (Fsp3) is 0.600. The number of nitrogens with one attached hydrogen (secondary N) is 1. The Morgan fingerprint density at radius 3 is 2.76 bits per heavy atom. The molecule has 4 nitrogen and oxygen atoms in total. The maximum atomic E-state index is 12.6. The summed E-state index contributed by atoms with van der Waals surface area (Å²) in [6, 6.07) is 2.00. The summed E-state index contributed by atoms with van der Waals surface area (Å²) in [5.41, 5.74) is 0.0571. The van der Waals surface area contributed by atoms with Crippen LogP contribution in [0.15, 0.2) is 10.9 Å². The molecule has 0 spiro atoms. The van der Waals surface area contributed by atoms with E-state index < -0.39 is 0 Å². The number of nitrogens with zero attached hydrogens (tertiary/aromatic N) is 2. The number of hydrogen-bond acceptors (Lipinski definition) is 4. The van der Waals surface area contributed by atoms with Gasteiger partial charge in [0.25, 0.3) is 5.56 Å². The normalized spacial score (nSPS) is 16.6. The number of aromatic nitrogens is 2. The van der Waals surface area contributed by atoms with Gasteiger partial charge in [-0.15, -0.1) is 11.3 Å². The Balaban J connectivity index is 1.87. The average molecular weight is 323 g/mol. The number of aryl methyl sites for hydroxylation is 1. The van der Waals surface area contributed by atoms with Crippen LogP contribution in [0.5, 0.6) is 0 Å². The minimum Gasteiger partial charge on any atom is -0.323 e. The fourth-order valence-electron chi connectivity index (χ4n) is 2.90. The Labute approximate surface area is 133 Å². The van der Waals surface area contributed by atoms with E-state index in [0.717, 1.165) is 36.3 Å². The lowest BCUT2D eigenvalue weighted by molar-refractivity contribution is 0.219. The molecule has 21 heavy (non-hydrogen) atoms. The van der Waals surface area contributed by atoms with Crippen molar-refractivity contribution in [1.82, 2.24) is 14.5 Å². The van der Waals surface area contributed by atoms with Gasteiger partial charge in [-0.1, -0.05) is 13.3 Å². The first-order valence-corrected chi connectivity index (χ1v) is 8.89. The Morgan fingerprint density at radius 1 is 1.29 bits per heavy atom. The van der Waals surface area contributed by atoms with Crippen LogP contribution in [-0.4, -0.2) is 34.1 Å². The van der Waals surface area contributed by atoms with Gasteiger partial charge in [0.05, 0.1) is 5.39 Å². The summed E-state index contributed by atoms with van der Waals surface area (Å²) in [6.45, 7) is 5.99. The van der Waals surface area contributed by atoms with Gasteiger partial charge < -0.3 is 9.88 Å². The molecule has 2 aromatic rings. The van der Waals surface area contributed by atoms with Crippen molar-refractivity contribution in [2.24, 2.45) is 0 Å². The summed E-state index contributed by atoms with van der Waals surface area (Å²) >= 11 is 7.01. The van der Waals surface area contributed by atoms with Crippen LogP contribution < -0.4 is 5.56 Å². The van der Waals surface area contributed by atoms with E-state index in [1.807, 2.05) is 6.07 Å². The average Bonchev–Trinajstić information content (AvgIpc) is 2.91. The van der Waals surface area contributed by atoms with Gasteiger partial charge in [0.1, 0.15) is 4.83 Å². The molecule has 1 fully saturated rings. The molecule has 114 valence electrons. The predicted molar refractivity (Wildman–Crippen MR) is 90.9 cm³/mol. The van der Waals surface area contributed by atoms with Crippen LogP contribution in [0.2, 0.25) is 0 Å². The second-order valence-electron chi connectivity index (χ2n) is 5.60. The summed E-state index contributed by atoms with van der Waals surface area (Å²) < 4.78 is 2.27. The van der Waals surface area contributed by atoms with Gasteiger partial charge in [-0.2, -0.15) is 0 Å². The van der Waals surface area contributed by atoms with Crippen LogP contribution in [0.3, 0.4) is 0 Å². The zero-order chi connectivity index (χ0) is 14.8. The van der Waals surface area contributed by atoms with E-state index in [1.165, 1.54) is 24.1 Å². The molecule has 2 aromatic heterocycles. The first kappa shape index (κ1) is 14.9. The molecule has 0 aromatic carbocycles. The zero-order valence-corrected chi connectivity index (χ0v) is 14.0. The van der Waals surface area contributed by atoms with Gasteiger partial charge in [-0.3, -0.25) is 9.36 Å². The molecule has 1 aliphatic rings. The first-order chi connectivity index (χ1) is 10.2. The number of H-pyrrole nitrogens is 1. The van der Waals surface area contributed by atoms with Crippen molar-refractivity contribution in [3.8, 4) is 0 Å². The number of thiophene rings is 1. The molecule has 0 saturated carbocycles. The third kappa shape index (κ3) is 3.12. The van der Waals surface area contributed by atoms with E-state index in [-0.39, 0.29) is 5.56 Å². The quantitative estimate of drug-likeness (QED) is 0.879. The van der Waals surface area contributed by atoms with Gasteiger partial charge in [-0.25, -0.2) is 0 Å². The van der Waals surface area contributed by atoms with E-state index in [9.17, 15) is 4.79 Å². The summed E-state index contributed by atoms with van der Waals surface area (Å²) in [4.78, 5) is 20.4. The maximum Gasteiger partial charge on any atom is 0.263 e. The molecule has 1 aliphatic heterocycles. The smallest absolute Gasteiger partial charge is 0.263 e. The highest BCUT2D eigenvalue weighted by Gasteiger charge is 2.12. The minimum absolute atomic E-state index is 0.0571. The van der Waals surface area contributed by atoms with Gasteiger partial charge in [0.15, 0.2) is 4.77 Å². The SMILES string of the molecule is CCc1cc2c(=O)n(CCN3CCCCC3)c(=S)[nH]c2s1. The van der Waals surface area contributed by atoms with E-state index in [1.54, 1.807) is 15.9 Å². The molecule has 1 N–H and O–H groups in total. The van der Waals surface area contributed by atoms with Crippen molar-refractivity contribution in [3.05, 3.63) is 26.1 Å². The van der Waals surface area contributed by atoms with Gasteiger partial charge in [0.2, 0.25) is 0 Å². The highest BCUT2D eigenvalue weighted by molar-refractivity contribution is 7.71. The Kier molecular flexibility index (Phi) is 4.57. The number of rotatable bonds is 4. The third-order valence-electron chi connectivity index (χ3n) is 4.16. The summed E-state index contributed by atoms with van der Waals surface area (Å²) in [5.74, 6) is 0. The molecule has 0 unspecified atom stereocenters. The van der Waals surface area contributed by atoms with Crippen LogP contribution in [0.25, 0.3) is 10.2 Å². The van der Waals surface area contributed by atoms with Crippen LogP contribution in [0.1, 0.15) is 31.1 Å². The molecule has 6 heteroatoms. The zero-order valence-electron chi connectivity index (χ0n) is 12.4. The molecular weight excluding hydrogens is 302 g/mol. The largest absolute Gasteiger partial charge is 0.323 e. The Hall–Kier alpha value is -0.980. The standard InChI is InChI=1S/C15H21N3OS2/c1-2-11-10-12-13(21-11)16-15(20)18(14(12)19)9-8-17-6-4-3-5-7-17/h10H,2-9H2,1H3,(H,16,20). The van der Waals surface area contributed by atoms with Crippen LogP contribution in [0, 0.1) is 4.77 Å². The molecule has 3 rings (SSSR count). The number of piperidine rings is 1. The second kappa shape index (κ2) is 6.42. The Bertz CT molecular complexity index is 737. The minimum atomic E-state index is 0.0571. The molecule has 0 bridgehead atoms. The van der Waals surface area contributed by atoms with E-state index in [2.05, 4.69) is 16.8 Å². The maximum absolute atomic E-state index is 12.6. The second-order valence-corrected chi connectivity index (χ2v) is 7.12. The highest BCUT2D eigenvalue weighted by atomic mass is 32.1. The highest BCUT2D eigenvalue weighted by Crippen LogP contribution is 2.21. The van der Waals surface area contributed by atoms with Crippen LogP contribution in [-0.2, 0) is 13.0 Å². The van der Waals surface area contributed by atoms with Crippen molar-refractivity contribution in [2.75, 3.05) is 19.6 Å². The van der Waals surface area contributed by atoms with E-state index in [0.29, 0.717) is 11.3 Å². The molecule has 0 aliphatic carbocycles. The van der Waals surface area contributed by atoms with E-state index in [4.69, 9.17) is 12.2 Å². The summed E-state index contributed by atoms with van der Waals surface area (Å²) in [7, 11) is 0. The molecular formula is C15H21N3OS2. The lowest BCUT2D eigenvalue weighted by atomic mass is 10.1. The van der Waals surface area contributed by atoms with Crippen LogP contribution in [0.4, 0.5) is 0 Å².